The summed E-state index contributed by atoms with van der Waals surface area (Å²) in [5.74, 6) is 0.968. The predicted molar refractivity (Wildman–Crippen MR) is 74.5 cm³/mol. The molecule has 2 rings (SSSR count). The number of amides is 1. The number of aromatic nitrogens is 2. The highest BCUT2D eigenvalue weighted by molar-refractivity contribution is 5.78. The molecule has 0 aliphatic rings. The molecule has 100 valence electrons. The van der Waals surface area contributed by atoms with E-state index < -0.39 is 0 Å². The number of hydrogen-bond acceptors (Lipinski definition) is 3. The molecule has 0 fully saturated rings. The van der Waals surface area contributed by atoms with Crippen LogP contribution in [0.2, 0.25) is 0 Å². The average Bonchev–Trinajstić information content (AvgIpc) is 2.78. The third-order valence-corrected chi connectivity index (χ3v) is 2.94. The molecule has 19 heavy (non-hydrogen) atoms. The Kier molecular flexibility index (Phi) is 4.18. The molecule has 0 spiro atoms. The molecule has 0 aliphatic heterocycles. The van der Waals surface area contributed by atoms with Gasteiger partial charge in [0, 0.05) is 31.2 Å². The van der Waals surface area contributed by atoms with Gasteiger partial charge in [-0.2, -0.15) is 0 Å². The average molecular weight is 258 g/mol. The molecule has 0 saturated heterocycles. The first-order valence-electron chi connectivity index (χ1n) is 6.24. The SMILES string of the molecule is Cc1nccn1CCNC(=O)Cc1ccc(N)cc1. The second-order valence-electron chi connectivity index (χ2n) is 4.44. The van der Waals surface area contributed by atoms with Gasteiger partial charge in [-0.05, 0) is 24.6 Å². The molecule has 5 heteroatoms. The Balaban J connectivity index is 1.76. The largest absolute Gasteiger partial charge is 0.399 e. The molecular formula is C14H18N4O. The Morgan fingerprint density at radius 3 is 2.74 bits per heavy atom. The van der Waals surface area contributed by atoms with E-state index in [9.17, 15) is 4.79 Å². The van der Waals surface area contributed by atoms with Crippen molar-refractivity contribution < 1.29 is 4.79 Å². The van der Waals surface area contributed by atoms with Crippen LogP contribution in [0.15, 0.2) is 36.7 Å². The minimum atomic E-state index is 0.0162. The Bertz CT molecular complexity index is 545. The number of nitrogens with zero attached hydrogens (tertiary/aromatic N) is 2. The monoisotopic (exact) mass is 258 g/mol. The molecule has 1 aromatic heterocycles. The van der Waals surface area contributed by atoms with Crippen LogP contribution in [0.5, 0.6) is 0 Å². The van der Waals surface area contributed by atoms with Gasteiger partial charge in [0.25, 0.3) is 0 Å². The zero-order chi connectivity index (χ0) is 13.7. The highest BCUT2D eigenvalue weighted by atomic mass is 16.1. The number of nitrogens with two attached hydrogens (primary N) is 1. The number of rotatable bonds is 5. The lowest BCUT2D eigenvalue weighted by Gasteiger charge is -2.07. The van der Waals surface area contributed by atoms with Gasteiger partial charge in [0.2, 0.25) is 5.91 Å². The van der Waals surface area contributed by atoms with Crippen molar-refractivity contribution in [2.45, 2.75) is 19.9 Å². The second kappa shape index (κ2) is 6.04. The summed E-state index contributed by atoms with van der Waals surface area (Å²) in [4.78, 5) is 15.9. The van der Waals surface area contributed by atoms with Gasteiger partial charge in [-0.25, -0.2) is 4.98 Å². The lowest BCUT2D eigenvalue weighted by atomic mass is 10.1. The van der Waals surface area contributed by atoms with Crippen molar-refractivity contribution in [3.8, 4) is 0 Å². The first kappa shape index (κ1) is 13.1. The maximum absolute atomic E-state index is 11.7. The molecule has 2 aromatic rings. The summed E-state index contributed by atoms with van der Waals surface area (Å²) < 4.78 is 2.00. The highest BCUT2D eigenvalue weighted by Crippen LogP contribution is 2.05. The third-order valence-electron chi connectivity index (χ3n) is 2.94. The summed E-state index contributed by atoms with van der Waals surface area (Å²) in [5.41, 5.74) is 7.27. The van der Waals surface area contributed by atoms with Crippen molar-refractivity contribution >= 4 is 11.6 Å². The van der Waals surface area contributed by atoms with Gasteiger partial charge in [-0.15, -0.1) is 0 Å². The van der Waals surface area contributed by atoms with Crippen LogP contribution >= 0.6 is 0 Å². The number of anilines is 1. The summed E-state index contributed by atoms with van der Waals surface area (Å²) >= 11 is 0. The van der Waals surface area contributed by atoms with Crippen LogP contribution in [0.3, 0.4) is 0 Å². The van der Waals surface area contributed by atoms with Gasteiger partial charge < -0.3 is 15.6 Å². The molecule has 0 bridgehead atoms. The van der Waals surface area contributed by atoms with Crippen LogP contribution in [0.1, 0.15) is 11.4 Å². The summed E-state index contributed by atoms with van der Waals surface area (Å²) in [6.45, 7) is 3.28. The zero-order valence-electron chi connectivity index (χ0n) is 11.0. The number of nitrogens with one attached hydrogen (secondary N) is 1. The first-order valence-corrected chi connectivity index (χ1v) is 6.24. The van der Waals surface area contributed by atoms with E-state index in [4.69, 9.17) is 5.73 Å². The van der Waals surface area contributed by atoms with E-state index in [2.05, 4.69) is 10.3 Å². The lowest BCUT2D eigenvalue weighted by Crippen LogP contribution is -2.28. The number of hydrogen-bond donors (Lipinski definition) is 2. The fraction of sp³-hybridized carbons (Fsp3) is 0.286. The van der Waals surface area contributed by atoms with Crippen LogP contribution in [0.25, 0.3) is 0 Å². The molecule has 0 radical (unpaired) electrons. The summed E-state index contributed by atoms with van der Waals surface area (Å²) in [6, 6.07) is 7.35. The van der Waals surface area contributed by atoms with Crippen LogP contribution in [0.4, 0.5) is 5.69 Å². The number of carbonyl (C=O) groups is 1. The highest BCUT2D eigenvalue weighted by Gasteiger charge is 2.03. The molecule has 0 aliphatic carbocycles. The molecule has 5 nitrogen and oxygen atoms in total. The van der Waals surface area contributed by atoms with E-state index in [1.54, 1.807) is 18.3 Å². The van der Waals surface area contributed by atoms with Crippen molar-refractivity contribution in [3.05, 3.63) is 48.0 Å². The predicted octanol–water partition coefficient (Wildman–Crippen LogP) is 1.13. The summed E-state index contributed by atoms with van der Waals surface area (Å²) in [7, 11) is 0. The Hall–Kier alpha value is -2.30. The van der Waals surface area contributed by atoms with Crippen molar-refractivity contribution in [1.29, 1.82) is 0 Å². The number of benzene rings is 1. The molecule has 0 atom stereocenters. The maximum atomic E-state index is 11.7. The Morgan fingerprint density at radius 2 is 2.11 bits per heavy atom. The summed E-state index contributed by atoms with van der Waals surface area (Å²) in [5, 5.41) is 2.89. The zero-order valence-corrected chi connectivity index (χ0v) is 11.0. The molecule has 1 heterocycles. The topological polar surface area (TPSA) is 72.9 Å². The molecular weight excluding hydrogens is 240 g/mol. The van der Waals surface area contributed by atoms with E-state index in [0.717, 1.165) is 17.9 Å². The van der Waals surface area contributed by atoms with E-state index in [1.165, 1.54) is 0 Å². The quantitative estimate of drug-likeness (QED) is 0.790. The Morgan fingerprint density at radius 1 is 1.37 bits per heavy atom. The number of aryl methyl sites for hydroxylation is 1. The van der Waals surface area contributed by atoms with Gasteiger partial charge in [-0.3, -0.25) is 4.79 Å². The van der Waals surface area contributed by atoms with Crippen LogP contribution < -0.4 is 11.1 Å². The van der Waals surface area contributed by atoms with Crippen molar-refractivity contribution in [2.24, 2.45) is 0 Å². The molecule has 1 amide bonds. The van der Waals surface area contributed by atoms with Gasteiger partial charge in [-0.1, -0.05) is 12.1 Å². The number of carbonyl (C=O) groups excluding carboxylic acids is 1. The van der Waals surface area contributed by atoms with Gasteiger partial charge >= 0.3 is 0 Å². The number of imidazole rings is 1. The second-order valence-corrected chi connectivity index (χ2v) is 4.44. The Labute approximate surface area is 112 Å². The maximum Gasteiger partial charge on any atom is 0.224 e. The van der Waals surface area contributed by atoms with Crippen LogP contribution in [0, 0.1) is 6.92 Å². The molecule has 0 unspecified atom stereocenters. The normalized spacial score (nSPS) is 10.4. The standard InChI is InChI=1S/C14H18N4O/c1-11-16-6-8-18(11)9-7-17-14(19)10-12-2-4-13(15)5-3-12/h2-6,8H,7,9-10,15H2,1H3,(H,17,19). The fourth-order valence-corrected chi connectivity index (χ4v) is 1.84. The van der Waals surface area contributed by atoms with E-state index in [-0.39, 0.29) is 5.91 Å². The summed E-state index contributed by atoms with van der Waals surface area (Å²) in [6.07, 6.45) is 4.04. The van der Waals surface area contributed by atoms with Crippen molar-refractivity contribution in [1.82, 2.24) is 14.9 Å². The van der Waals surface area contributed by atoms with Gasteiger partial charge in [0.1, 0.15) is 5.82 Å². The van der Waals surface area contributed by atoms with Gasteiger partial charge in [0.05, 0.1) is 6.42 Å². The lowest BCUT2D eigenvalue weighted by molar-refractivity contribution is -0.120. The minimum absolute atomic E-state index is 0.0162. The molecule has 0 saturated carbocycles. The fourth-order valence-electron chi connectivity index (χ4n) is 1.84. The van der Waals surface area contributed by atoms with E-state index >= 15 is 0 Å². The van der Waals surface area contributed by atoms with E-state index in [0.29, 0.717) is 18.7 Å². The van der Waals surface area contributed by atoms with E-state index in [1.807, 2.05) is 29.8 Å². The van der Waals surface area contributed by atoms with Crippen LogP contribution in [-0.2, 0) is 17.8 Å². The smallest absolute Gasteiger partial charge is 0.224 e. The first-order chi connectivity index (χ1) is 9.15. The number of nitrogen functional groups attached to an aromatic ring is 1. The third kappa shape index (κ3) is 3.84. The van der Waals surface area contributed by atoms with Crippen molar-refractivity contribution in [2.75, 3.05) is 12.3 Å². The molecule has 1 aromatic carbocycles. The molecule has 3 N–H and O–H groups in total. The van der Waals surface area contributed by atoms with Gasteiger partial charge in [0.15, 0.2) is 0 Å². The van der Waals surface area contributed by atoms with Crippen LogP contribution in [-0.4, -0.2) is 22.0 Å². The van der Waals surface area contributed by atoms with Crippen molar-refractivity contribution in [3.63, 3.8) is 0 Å². The minimum Gasteiger partial charge on any atom is -0.399 e.